The van der Waals surface area contributed by atoms with Crippen molar-refractivity contribution in [3.63, 3.8) is 0 Å². The minimum absolute atomic E-state index is 0. The van der Waals surface area contributed by atoms with Gasteiger partial charge >= 0.3 is 0 Å². The molecule has 3 heteroatoms. The van der Waals surface area contributed by atoms with Crippen molar-refractivity contribution in [3.05, 3.63) is 18.2 Å². The Bertz CT molecular complexity index is 294. The average molecular weight is 259 g/mol. The highest BCUT2D eigenvalue weighted by molar-refractivity contribution is 4.83. The van der Waals surface area contributed by atoms with Crippen molar-refractivity contribution < 1.29 is 17.0 Å². The third kappa shape index (κ3) is 5.58. The van der Waals surface area contributed by atoms with E-state index in [2.05, 4.69) is 42.4 Å². The first-order valence-electron chi connectivity index (χ1n) is 6.83. The fraction of sp³-hybridized carbons (Fsp3) is 0.786. The molecule has 0 saturated carbocycles. The number of rotatable bonds is 8. The molecule has 0 aliphatic carbocycles. The quantitative estimate of drug-likeness (QED) is 0.467. The van der Waals surface area contributed by atoms with Crippen LogP contribution in [0.2, 0.25) is 0 Å². The standard InChI is InChI=1S/C14H27N2.ClH/c1-4-6-8-9-11-16-13-12-15(3)14(16)10-7-5-2;/h12-13H,4-11H2,1-3H3;1H/q+1;/p-1. The SMILES string of the molecule is CCCCCCn1cc[n+](C)c1CCCC.[Cl-]. The van der Waals surface area contributed by atoms with E-state index in [0.29, 0.717) is 0 Å². The molecule has 0 unspecified atom stereocenters. The second-order valence-electron chi connectivity index (χ2n) is 4.68. The fourth-order valence-electron chi connectivity index (χ4n) is 2.12. The molecule has 1 heterocycles. The molecular weight excluding hydrogens is 232 g/mol. The molecule has 0 saturated heterocycles. The van der Waals surface area contributed by atoms with Crippen molar-refractivity contribution >= 4 is 0 Å². The lowest BCUT2D eigenvalue weighted by Crippen LogP contribution is -3.00. The van der Waals surface area contributed by atoms with Crippen LogP contribution in [-0.4, -0.2) is 4.57 Å². The third-order valence-corrected chi connectivity index (χ3v) is 3.22. The molecule has 0 aromatic carbocycles. The predicted octanol–water partition coefficient (Wildman–Crippen LogP) is 0.240. The van der Waals surface area contributed by atoms with Gasteiger partial charge in [-0.2, -0.15) is 0 Å². The van der Waals surface area contributed by atoms with Gasteiger partial charge in [0.05, 0.1) is 13.6 Å². The zero-order valence-electron chi connectivity index (χ0n) is 11.6. The Hall–Kier alpha value is -0.500. The Labute approximate surface area is 112 Å². The molecule has 0 atom stereocenters. The third-order valence-electron chi connectivity index (χ3n) is 3.22. The number of hydrogen-bond acceptors (Lipinski definition) is 0. The summed E-state index contributed by atoms with van der Waals surface area (Å²) in [6.07, 6.45) is 13.6. The summed E-state index contributed by atoms with van der Waals surface area (Å²) in [6, 6.07) is 0. The van der Waals surface area contributed by atoms with Gasteiger partial charge in [-0.15, -0.1) is 0 Å². The monoisotopic (exact) mass is 258 g/mol. The van der Waals surface area contributed by atoms with Crippen LogP contribution in [0.25, 0.3) is 0 Å². The van der Waals surface area contributed by atoms with E-state index >= 15 is 0 Å². The van der Waals surface area contributed by atoms with E-state index < -0.39 is 0 Å². The van der Waals surface area contributed by atoms with E-state index in [9.17, 15) is 0 Å². The first kappa shape index (κ1) is 16.5. The summed E-state index contributed by atoms with van der Waals surface area (Å²) in [5.74, 6) is 1.48. The summed E-state index contributed by atoms with van der Waals surface area (Å²) in [7, 11) is 2.16. The van der Waals surface area contributed by atoms with E-state index in [1.165, 1.54) is 57.3 Å². The fourth-order valence-corrected chi connectivity index (χ4v) is 2.12. The highest BCUT2D eigenvalue weighted by atomic mass is 35.5. The number of nitrogens with zero attached hydrogens (tertiary/aromatic N) is 2. The maximum atomic E-state index is 2.44. The molecule has 17 heavy (non-hydrogen) atoms. The molecule has 2 nitrogen and oxygen atoms in total. The van der Waals surface area contributed by atoms with E-state index in [0.717, 1.165) is 0 Å². The van der Waals surface area contributed by atoms with E-state index in [-0.39, 0.29) is 12.4 Å². The van der Waals surface area contributed by atoms with Gasteiger partial charge in [0.1, 0.15) is 12.4 Å². The van der Waals surface area contributed by atoms with Crippen molar-refractivity contribution in [3.8, 4) is 0 Å². The van der Waals surface area contributed by atoms with E-state index in [4.69, 9.17) is 0 Å². The number of aryl methyl sites for hydroxylation is 2. The van der Waals surface area contributed by atoms with Crippen LogP contribution in [0.15, 0.2) is 12.4 Å². The van der Waals surface area contributed by atoms with Gasteiger partial charge in [-0.3, -0.25) is 0 Å². The second kappa shape index (κ2) is 9.52. The molecular formula is C14H27ClN2. The molecule has 0 N–H and O–H groups in total. The minimum Gasteiger partial charge on any atom is -1.00 e. The van der Waals surface area contributed by atoms with Crippen LogP contribution in [0.4, 0.5) is 0 Å². The molecule has 0 spiro atoms. The number of imidazole rings is 1. The zero-order chi connectivity index (χ0) is 11.8. The normalized spacial score (nSPS) is 10.3. The Morgan fingerprint density at radius 1 is 1.06 bits per heavy atom. The number of unbranched alkanes of at least 4 members (excludes halogenated alkanes) is 4. The molecule has 0 radical (unpaired) electrons. The largest absolute Gasteiger partial charge is 1.00 e. The molecule has 1 aromatic heterocycles. The van der Waals surface area contributed by atoms with Crippen LogP contribution in [-0.2, 0) is 20.0 Å². The van der Waals surface area contributed by atoms with Crippen LogP contribution in [0, 0.1) is 0 Å². The Kier molecular flexibility index (Phi) is 9.24. The second-order valence-corrected chi connectivity index (χ2v) is 4.68. The van der Waals surface area contributed by atoms with Crippen molar-refractivity contribution in [1.29, 1.82) is 0 Å². The minimum atomic E-state index is 0. The summed E-state index contributed by atoms with van der Waals surface area (Å²) in [4.78, 5) is 0. The van der Waals surface area contributed by atoms with Crippen LogP contribution >= 0.6 is 0 Å². The van der Waals surface area contributed by atoms with Crippen molar-refractivity contribution in [2.24, 2.45) is 7.05 Å². The molecule has 0 amide bonds. The topological polar surface area (TPSA) is 8.81 Å². The Morgan fingerprint density at radius 2 is 1.76 bits per heavy atom. The average Bonchev–Trinajstić information content (AvgIpc) is 2.63. The van der Waals surface area contributed by atoms with Gasteiger partial charge in [0.2, 0.25) is 0 Å². The van der Waals surface area contributed by atoms with Gasteiger partial charge in [0, 0.05) is 6.42 Å². The maximum Gasteiger partial charge on any atom is 0.256 e. The highest BCUT2D eigenvalue weighted by Gasteiger charge is 2.12. The van der Waals surface area contributed by atoms with Gasteiger partial charge in [0.25, 0.3) is 5.82 Å². The van der Waals surface area contributed by atoms with Gasteiger partial charge < -0.3 is 12.4 Å². The molecule has 0 aliphatic heterocycles. The smallest absolute Gasteiger partial charge is 0.256 e. The first-order valence-corrected chi connectivity index (χ1v) is 6.83. The van der Waals surface area contributed by atoms with Crippen molar-refractivity contribution in [1.82, 2.24) is 4.57 Å². The lowest BCUT2D eigenvalue weighted by atomic mass is 10.2. The Balaban J connectivity index is 0.00000256. The number of halogens is 1. The lowest BCUT2D eigenvalue weighted by molar-refractivity contribution is -0.678. The summed E-state index contributed by atoms with van der Waals surface area (Å²) in [6.45, 7) is 5.72. The van der Waals surface area contributed by atoms with Crippen molar-refractivity contribution in [2.75, 3.05) is 0 Å². The van der Waals surface area contributed by atoms with E-state index in [1.807, 2.05) is 0 Å². The number of aromatic nitrogens is 2. The highest BCUT2D eigenvalue weighted by Crippen LogP contribution is 2.06. The molecule has 1 rings (SSSR count). The summed E-state index contributed by atoms with van der Waals surface area (Å²) in [5.41, 5.74) is 0. The van der Waals surface area contributed by atoms with Crippen LogP contribution in [0.1, 0.15) is 58.2 Å². The molecule has 0 aliphatic rings. The van der Waals surface area contributed by atoms with Gasteiger partial charge in [0.15, 0.2) is 0 Å². The molecule has 0 bridgehead atoms. The first-order chi connectivity index (χ1) is 7.79. The number of hydrogen-bond donors (Lipinski definition) is 0. The molecule has 1 aromatic rings. The van der Waals surface area contributed by atoms with E-state index in [1.54, 1.807) is 0 Å². The predicted molar refractivity (Wildman–Crippen MR) is 68.4 cm³/mol. The summed E-state index contributed by atoms with van der Waals surface area (Å²) < 4.78 is 4.71. The Morgan fingerprint density at radius 3 is 2.41 bits per heavy atom. The summed E-state index contributed by atoms with van der Waals surface area (Å²) in [5, 5.41) is 0. The van der Waals surface area contributed by atoms with Gasteiger partial charge in [-0.1, -0.05) is 33.1 Å². The van der Waals surface area contributed by atoms with Crippen LogP contribution in [0.3, 0.4) is 0 Å². The van der Waals surface area contributed by atoms with Gasteiger partial charge in [-0.05, 0) is 19.3 Å². The maximum absolute atomic E-state index is 2.44. The van der Waals surface area contributed by atoms with Crippen molar-refractivity contribution in [2.45, 2.75) is 65.3 Å². The van der Waals surface area contributed by atoms with Crippen LogP contribution < -0.4 is 17.0 Å². The summed E-state index contributed by atoms with van der Waals surface area (Å²) >= 11 is 0. The molecule has 0 fully saturated rings. The van der Waals surface area contributed by atoms with Crippen LogP contribution in [0.5, 0.6) is 0 Å². The lowest BCUT2D eigenvalue weighted by Gasteiger charge is -2.02. The molecule has 100 valence electrons. The van der Waals surface area contributed by atoms with Gasteiger partial charge in [-0.25, -0.2) is 9.13 Å². The zero-order valence-corrected chi connectivity index (χ0v) is 12.3.